The van der Waals surface area contributed by atoms with Crippen LogP contribution in [0.3, 0.4) is 0 Å². The van der Waals surface area contributed by atoms with Crippen molar-refractivity contribution in [2.45, 2.75) is 49.3 Å². The third kappa shape index (κ3) is 3.40. The van der Waals surface area contributed by atoms with Crippen molar-refractivity contribution in [2.24, 2.45) is 0 Å². The molecule has 0 spiro atoms. The monoisotopic (exact) mass is 570 g/mol. The molecule has 42 heavy (non-hydrogen) atoms. The SMILES string of the molecule is CC(C)c1cccc(C(C)C)c1N1C(=O)c2cc(C#N)c3c4c(c(C#N)cc(c24)C1=O)S(=O)(=O)c1ccc(C#N)cc1-3. The third-order valence-electron chi connectivity index (χ3n) is 7.97. The highest BCUT2D eigenvalue weighted by atomic mass is 32.2. The highest BCUT2D eigenvalue weighted by molar-refractivity contribution is 7.92. The molecule has 4 aromatic rings. The largest absolute Gasteiger partial charge is 0.268 e. The molecule has 2 heterocycles. The maximum atomic E-state index is 14.4. The first kappa shape index (κ1) is 26.9. The molecule has 0 aliphatic carbocycles. The predicted octanol–water partition coefficient (Wildman–Crippen LogP) is 6.32. The zero-order valence-corrected chi connectivity index (χ0v) is 23.9. The van der Waals surface area contributed by atoms with E-state index in [2.05, 4.69) is 6.07 Å². The molecule has 2 aliphatic heterocycles. The molecule has 0 bridgehead atoms. The van der Waals surface area contributed by atoms with E-state index >= 15 is 0 Å². The Hall–Kier alpha value is -5.30. The molecule has 0 N–H and O–H groups in total. The normalized spacial score (nSPS) is 14.5. The van der Waals surface area contributed by atoms with Gasteiger partial charge in [-0.3, -0.25) is 9.59 Å². The third-order valence-corrected chi connectivity index (χ3v) is 9.86. The molecule has 8 nitrogen and oxygen atoms in total. The summed E-state index contributed by atoms with van der Waals surface area (Å²) >= 11 is 0. The second kappa shape index (κ2) is 9.11. The number of para-hydroxylation sites is 1. The number of hydrogen-bond donors (Lipinski definition) is 0. The first-order chi connectivity index (χ1) is 20.0. The van der Waals surface area contributed by atoms with Crippen molar-refractivity contribution in [1.82, 2.24) is 0 Å². The van der Waals surface area contributed by atoms with Crippen LogP contribution < -0.4 is 4.90 Å². The van der Waals surface area contributed by atoms with Gasteiger partial charge in [-0.15, -0.1) is 0 Å². The van der Waals surface area contributed by atoms with E-state index in [4.69, 9.17) is 0 Å². The van der Waals surface area contributed by atoms with Gasteiger partial charge >= 0.3 is 0 Å². The van der Waals surface area contributed by atoms with Gasteiger partial charge < -0.3 is 0 Å². The first-order valence-electron chi connectivity index (χ1n) is 13.3. The minimum Gasteiger partial charge on any atom is -0.268 e. The molecular formula is C33H22N4O4S. The quantitative estimate of drug-likeness (QED) is 0.231. The lowest BCUT2D eigenvalue weighted by Gasteiger charge is -2.34. The summed E-state index contributed by atoms with van der Waals surface area (Å²) in [4.78, 5) is 29.3. The lowest BCUT2D eigenvalue weighted by Crippen LogP contribution is -2.42. The minimum absolute atomic E-state index is 0.00472. The van der Waals surface area contributed by atoms with Crippen LogP contribution in [0.25, 0.3) is 21.9 Å². The van der Waals surface area contributed by atoms with Gasteiger partial charge in [0.25, 0.3) is 11.8 Å². The number of imide groups is 1. The number of carbonyl (C=O) groups is 2. The van der Waals surface area contributed by atoms with Crippen molar-refractivity contribution in [3.8, 4) is 29.3 Å². The van der Waals surface area contributed by atoms with Crippen LogP contribution in [0.5, 0.6) is 0 Å². The van der Waals surface area contributed by atoms with Gasteiger partial charge in [-0.05, 0) is 53.3 Å². The van der Waals surface area contributed by atoms with Crippen molar-refractivity contribution in [2.75, 3.05) is 4.90 Å². The molecule has 2 aliphatic rings. The van der Waals surface area contributed by atoms with Crippen molar-refractivity contribution < 1.29 is 18.0 Å². The van der Waals surface area contributed by atoms with Crippen LogP contribution in [0.2, 0.25) is 0 Å². The van der Waals surface area contributed by atoms with Crippen molar-refractivity contribution in [3.63, 3.8) is 0 Å². The van der Waals surface area contributed by atoms with E-state index in [0.29, 0.717) is 5.69 Å². The van der Waals surface area contributed by atoms with Crippen LogP contribution >= 0.6 is 0 Å². The summed E-state index contributed by atoms with van der Waals surface area (Å²) < 4.78 is 28.0. The predicted molar refractivity (Wildman–Crippen MR) is 155 cm³/mol. The number of anilines is 1. The number of amides is 2. The van der Waals surface area contributed by atoms with Gasteiger partial charge in [0, 0.05) is 21.9 Å². The zero-order valence-electron chi connectivity index (χ0n) is 23.1. The molecule has 0 aromatic heterocycles. The summed E-state index contributed by atoms with van der Waals surface area (Å²) in [7, 11) is -4.33. The van der Waals surface area contributed by atoms with Crippen molar-refractivity contribution in [1.29, 1.82) is 15.8 Å². The summed E-state index contributed by atoms with van der Waals surface area (Å²) in [6.45, 7) is 7.84. The highest BCUT2D eigenvalue weighted by Gasteiger charge is 2.43. The van der Waals surface area contributed by atoms with E-state index in [9.17, 15) is 33.8 Å². The van der Waals surface area contributed by atoms with E-state index in [1.54, 1.807) is 0 Å². The Bertz CT molecular complexity index is 2140. The zero-order chi connectivity index (χ0) is 30.2. The van der Waals surface area contributed by atoms with Gasteiger partial charge in [0.05, 0.1) is 55.4 Å². The second-order valence-electron chi connectivity index (χ2n) is 11.0. The number of rotatable bonds is 3. The molecule has 4 aromatic carbocycles. The smallest absolute Gasteiger partial charge is 0.266 e. The van der Waals surface area contributed by atoms with E-state index < -0.39 is 21.7 Å². The van der Waals surface area contributed by atoms with Gasteiger partial charge in [0.2, 0.25) is 9.84 Å². The number of carbonyl (C=O) groups excluding carboxylic acids is 2. The Labute approximate surface area is 242 Å². The number of hydrogen-bond acceptors (Lipinski definition) is 7. The fourth-order valence-corrected chi connectivity index (χ4v) is 7.90. The molecule has 0 unspecified atom stereocenters. The number of nitrogens with zero attached hydrogens (tertiary/aromatic N) is 4. The summed E-state index contributed by atoms with van der Waals surface area (Å²) in [5, 5.41) is 30.0. The van der Waals surface area contributed by atoms with Crippen LogP contribution in [0.15, 0.2) is 58.3 Å². The van der Waals surface area contributed by atoms with Gasteiger partial charge in [-0.2, -0.15) is 15.8 Å². The Kier molecular flexibility index (Phi) is 5.83. The number of nitriles is 3. The maximum absolute atomic E-state index is 14.4. The summed E-state index contributed by atoms with van der Waals surface area (Å²) in [6, 6.07) is 18.2. The lowest BCUT2D eigenvalue weighted by atomic mass is 9.83. The molecule has 0 atom stereocenters. The summed E-state index contributed by atoms with van der Waals surface area (Å²) in [5.74, 6) is -1.46. The number of benzene rings is 4. The molecule has 9 heteroatoms. The Balaban J connectivity index is 1.80. The van der Waals surface area contributed by atoms with Crippen molar-refractivity contribution >= 4 is 38.1 Å². The Morgan fingerprint density at radius 2 is 1.29 bits per heavy atom. The van der Waals surface area contributed by atoms with Crippen LogP contribution in [-0.2, 0) is 9.84 Å². The molecule has 2 amide bonds. The Morgan fingerprint density at radius 1 is 0.714 bits per heavy atom. The molecule has 0 saturated heterocycles. The number of sulfone groups is 1. The van der Waals surface area contributed by atoms with Gasteiger partial charge in [0.1, 0.15) is 6.07 Å². The Morgan fingerprint density at radius 3 is 1.81 bits per heavy atom. The minimum atomic E-state index is -4.33. The van der Waals surface area contributed by atoms with Crippen molar-refractivity contribution in [3.05, 3.63) is 87.5 Å². The van der Waals surface area contributed by atoms with Crippen LogP contribution in [0.1, 0.15) is 88.1 Å². The van der Waals surface area contributed by atoms with Crippen LogP contribution in [0.4, 0.5) is 5.69 Å². The van der Waals surface area contributed by atoms with E-state index in [0.717, 1.165) is 16.0 Å². The summed E-state index contributed by atoms with van der Waals surface area (Å²) in [5.41, 5.74) is 2.17. The topological polar surface area (TPSA) is 143 Å². The molecular weight excluding hydrogens is 548 g/mol. The van der Waals surface area contributed by atoms with E-state index in [-0.39, 0.29) is 71.3 Å². The average molecular weight is 571 g/mol. The fourth-order valence-electron chi connectivity index (χ4n) is 6.12. The van der Waals surface area contributed by atoms with Crippen LogP contribution in [-0.4, -0.2) is 20.2 Å². The highest BCUT2D eigenvalue weighted by Crippen LogP contribution is 2.51. The average Bonchev–Trinajstić information content (AvgIpc) is 2.97. The molecule has 204 valence electrons. The standard InChI is InChI=1S/C33H22N4O4S/c1-16(2)21-6-5-7-22(17(3)4)30(21)37-32(38)24-11-19(14-35)27-23-10-18(13-34)8-9-26(23)42(40,41)31-20(15-36)12-25(33(37)39)28(24)29(27)31/h5-12,16-17H,1-4H3. The van der Waals surface area contributed by atoms with E-state index in [1.165, 1.54) is 30.3 Å². The number of fused-ring (bicyclic) bond motifs is 2. The molecule has 0 fully saturated rings. The fraction of sp³-hybridized carbons (Fsp3) is 0.182. The maximum Gasteiger partial charge on any atom is 0.266 e. The van der Waals surface area contributed by atoms with E-state index in [1.807, 2.05) is 58.0 Å². The lowest BCUT2D eigenvalue weighted by molar-refractivity contribution is 0.0892. The van der Waals surface area contributed by atoms with Gasteiger partial charge in [-0.1, -0.05) is 45.9 Å². The first-order valence-corrected chi connectivity index (χ1v) is 14.7. The molecule has 0 radical (unpaired) electrons. The van der Waals surface area contributed by atoms with Gasteiger partial charge in [-0.25, -0.2) is 13.3 Å². The molecule has 6 rings (SSSR count). The summed E-state index contributed by atoms with van der Waals surface area (Å²) in [6.07, 6.45) is 0. The second-order valence-corrected chi connectivity index (χ2v) is 12.8. The molecule has 0 saturated carbocycles. The van der Waals surface area contributed by atoms with Gasteiger partial charge in [0.15, 0.2) is 0 Å². The van der Waals surface area contributed by atoms with Crippen LogP contribution in [0, 0.1) is 34.0 Å².